The van der Waals surface area contributed by atoms with Crippen LogP contribution in [-0.4, -0.2) is 42.5 Å². The van der Waals surface area contributed by atoms with Gasteiger partial charge in [0.1, 0.15) is 0 Å². The topological polar surface area (TPSA) is 79.4 Å². The summed E-state index contributed by atoms with van der Waals surface area (Å²) in [5, 5.41) is 2.85. The third-order valence-electron chi connectivity index (χ3n) is 3.11. The van der Waals surface area contributed by atoms with Crippen LogP contribution in [-0.2, 0) is 21.4 Å². The van der Waals surface area contributed by atoms with Crippen LogP contribution < -0.4 is 5.32 Å². The molecule has 1 N–H and O–H groups in total. The number of nitrogens with zero attached hydrogens (tertiary/aromatic N) is 2. The third kappa shape index (κ3) is 4.90. The van der Waals surface area contributed by atoms with E-state index >= 15 is 0 Å². The van der Waals surface area contributed by atoms with Gasteiger partial charge in [-0.2, -0.15) is 4.31 Å². The zero-order valence-corrected chi connectivity index (χ0v) is 12.3. The molecule has 1 amide bonds. The third-order valence-corrected chi connectivity index (χ3v) is 4.36. The Kier molecular flexibility index (Phi) is 4.72. The maximum absolute atomic E-state index is 11.8. The van der Waals surface area contributed by atoms with Crippen LogP contribution >= 0.6 is 0 Å². The summed E-state index contributed by atoms with van der Waals surface area (Å²) in [5.74, 6) is -0.0871. The molecule has 0 radical (unpaired) electrons. The molecule has 1 heterocycles. The Bertz CT molecular complexity index is 555. The van der Waals surface area contributed by atoms with Crippen molar-refractivity contribution in [1.29, 1.82) is 0 Å². The van der Waals surface area contributed by atoms with E-state index in [-0.39, 0.29) is 25.4 Å². The van der Waals surface area contributed by atoms with Gasteiger partial charge in [0.15, 0.2) is 0 Å². The quantitative estimate of drug-likeness (QED) is 0.795. The number of sulfonamides is 1. The number of hydrogen-bond donors (Lipinski definition) is 1. The number of carbonyl (C=O) groups excluding carboxylic acids is 1. The van der Waals surface area contributed by atoms with Gasteiger partial charge in [0, 0.05) is 37.9 Å². The predicted molar refractivity (Wildman–Crippen MR) is 75.3 cm³/mol. The van der Waals surface area contributed by atoms with E-state index in [0.29, 0.717) is 6.04 Å². The number of amides is 1. The Hall–Kier alpha value is -1.47. The highest BCUT2D eigenvalue weighted by molar-refractivity contribution is 7.88. The SMILES string of the molecule is CS(=O)(=O)N(CCC(=O)NC1CC1)Cc1ccncc1. The lowest BCUT2D eigenvalue weighted by molar-refractivity contribution is -0.121. The summed E-state index contributed by atoms with van der Waals surface area (Å²) >= 11 is 0. The largest absolute Gasteiger partial charge is 0.353 e. The highest BCUT2D eigenvalue weighted by Crippen LogP contribution is 2.18. The van der Waals surface area contributed by atoms with Gasteiger partial charge < -0.3 is 5.32 Å². The Morgan fingerprint density at radius 2 is 2.05 bits per heavy atom. The molecule has 1 fully saturated rings. The van der Waals surface area contributed by atoms with Crippen molar-refractivity contribution < 1.29 is 13.2 Å². The van der Waals surface area contributed by atoms with E-state index < -0.39 is 10.0 Å². The van der Waals surface area contributed by atoms with E-state index in [1.54, 1.807) is 24.5 Å². The van der Waals surface area contributed by atoms with Crippen LogP contribution in [0.25, 0.3) is 0 Å². The van der Waals surface area contributed by atoms with Gasteiger partial charge in [-0.1, -0.05) is 0 Å². The van der Waals surface area contributed by atoms with E-state index in [2.05, 4.69) is 10.3 Å². The van der Waals surface area contributed by atoms with Crippen LogP contribution in [0.15, 0.2) is 24.5 Å². The smallest absolute Gasteiger partial charge is 0.221 e. The summed E-state index contributed by atoms with van der Waals surface area (Å²) in [6.45, 7) is 0.456. The van der Waals surface area contributed by atoms with E-state index in [1.807, 2.05) is 0 Å². The van der Waals surface area contributed by atoms with Gasteiger partial charge in [-0.25, -0.2) is 8.42 Å². The second-order valence-corrected chi connectivity index (χ2v) is 7.03. The fourth-order valence-corrected chi connectivity index (χ4v) is 2.61. The van der Waals surface area contributed by atoms with Crippen molar-refractivity contribution in [2.24, 2.45) is 0 Å². The Balaban J connectivity index is 1.92. The number of carbonyl (C=O) groups is 1. The van der Waals surface area contributed by atoms with Gasteiger partial charge in [-0.15, -0.1) is 0 Å². The van der Waals surface area contributed by atoms with E-state index in [1.165, 1.54) is 4.31 Å². The normalized spacial score (nSPS) is 15.3. The molecule has 1 saturated carbocycles. The Labute approximate surface area is 119 Å². The highest BCUT2D eigenvalue weighted by Gasteiger charge is 2.24. The Morgan fingerprint density at radius 3 is 2.60 bits per heavy atom. The van der Waals surface area contributed by atoms with Crippen molar-refractivity contribution >= 4 is 15.9 Å². The highest BCUT2D eigenvalue weighted by atomic mass is 32.2. The molecule has 1 aliphatic rings. The zero-order valence-electron chi connectivity index (χ0n) is 11.4. The maximum atomic E-state index is 11.8. The van der Waals surface area contributed by atoms with Crippen molar-refractivity contribution in [3.05, 3.63) is 30.1 Å². The molecule has 0 aliphatic heterocycles. The van der Waals surface area contributed by atoms with Gasteiger partial charge in [-0.3, -0.25) is 9.78 Å². The first-order chi connectivity index (χ1) is 9.45. The van der Waals surface area contributed by atoms with Gasteiger partial charge >= 0.3 is 0 Å². The van der Waals surface area contributed by atoms with Crippen LogP contribution in [0, 0.1) is 0 Å². The van der Waals surface area contributed by atoms with Gasteiger partial charge in [0.05, 0.1) is 6.26 Å². The summed E-state index contributed by atoms with van der Waals surface area (Å²) in [6.07, 6.45) is 6.64. The lowest BCUT2D eigenvalue weighted by Gasteiger charge is -2.19. The van der Waals surface area contributed by atoms with Crippen LogP contribution in [0.5, 0.6) is 0 Å². The van der Waals surface area contributed by atoms with Crippen molar-refractivity contribution in [3.8, 4) is 0 Å². The molecule has 0 saturated heterocycles. The zero-order chi connectivity index (χ0) is 14.6. The summed E-state index contributed by atoms with van der Waals surface area (Å²) in [4.78, 5) is 15.5. The molecule has 20 heavy (non-hydrogen) atoms. The molecule has 0 aromatic carbocycles. The molecule has 0 atom stereocenters. The molecule has 1 aromatic heterocycles. The van der Waals surface area contributed by atoms with Crippen molar-refractivity contribution in [1.82, 2.24) is 14.6 Å². The van der Waals surface area contributed by atoms with Gasteiger partial charge in [-0.05, 0) is 30.5 Å². The first-order valence-corrected chi connectivity index (χ1v) is 8.43. The summed E-state index contributed by atoms with van der Waals surface area (Å²) < 4.78 is 24.8. The second-order valence-electron chi connectivity index (χ2n) is 5.04. The van der Waals surface area contributed by atoms with Gasteiger partial charge in [0.2, 0.25) is 15.9 Å². The summed E-state index contributed by atoms with van der Waals surface area (Å²) in [7, 11) is -3.34. The molecule has 2 rings (SSSR count). The lowest BCUT2D eigenvalue weighted by atomic mass is 10.2. The summed E-state index contributed by atoms with van der Waals surface area (Å²) in [5.41, 5.74) is 0.855. The minimum atomic E-state index is -3.34. The van der Waals surface area contributed by atoms with Crippen LogP contribution in [0.2, 0.25) is 0 Å². The monoisotopic (exact) mass is 297 g/mol. The van der Waals surface area contributed by atoms with E-state index in [0.717, 1.165) is 24.7 Å². The molecular weight excluding hydrogens is 278 g/mol. The Morgan fingerprint density at radius 1 is 1.40 bits per heavy atom. The first-order valence-electron chi connectivity index (χ1n) is 6.58. The van der Waals surface area contributed by atoms with Gasteiger partial charge in [0.25, 0.3) is 0 Å². The molecule has 6 nitrogen and oxygen atoms in total. The number of aromatic nitrogens is 1. The molecule has 0 bridgehead atoms. The van der Waals surface area contributed by atoms with E-state index in [4.69, 9.17) is 0 Å². The summed E-state index contributed by atoms with van der Waals surface area (Å²) in [6, 6.07) is 3.83. The molecule has 110 valence electrons. The predicted octanol–water partition coefficient (Wildman–Crippen LogP) is 0.512. The van der Waals surface area contributed by atoms with Crippen LogP contribution in [0.4, 0.5) is 0 Å². The molecule has 1 aliphatic carbocycles. The van der Waals surface area contributed by atoms with Crippen molar-refractivity contribution in [3.63, 3.8) is 0 Å². The number of rotatable bonds is 7. The van der Waals surface area contributed by atoms with Crippen molar-refractivity contribution in [2.75, 3.05) is 12.8 Å². The molecule has 0 spiro atoms. The second kappa shape index (κ2) is 6.32. The fourth-order valence-electron chi connectivity index (χ4n) is 1.81. The average Bonchev–Trinajstić information content (AvgIpc) is 3.18. The maximum Gasteiger partial charge on any atom is 0.221 e. The fraction of sp³-hybridized carbons (Fsp3) is 0.538. The minimum Gasteiger partial charge on any atom is -0.353 e. The molecule has 0 unspecified atom stereocenters. The molecular formula is C13H19N3O3S. The van der Waals surface area contributed by atoms with Crippen LogP contribution in [0.3, 0.4) is 0 Å². The standard InChI is InChI=1S/C13H19N3O3S/c1-20(18,19)16(10-11-4-7-14-8-5-11)9-6-13(17)15-12-2-3-12/h4-5,7-8,12H,2-3,6,9-10H2,1H3,(H,15,17). The minimum absolute atomic E-state index is 0.0871. The lowest BCUT2D eigenvalue weighted by Crippen LogP contribution is -2.34. The number of pyridine rings is 1. The van der Waals surface area contributed by atoms with E-state index in [9.17, 15) is 13.2 Å². The van der Waals surface area contributed by atoms with Crippen LogP contribution in [0.1, 0.15) is 24.8 Å². The van der Waals surface area contributed by atoms with Crippen molar-refractivity contribution in [2.45, 2.75) is 31.8 Å². The first kappa shape index (κ1) is 14.9. The molecule has 7 heteroatoms. The number of hydrogen-bond acceptors (Lipinski definition) is 4. The molecule has 1 aromatic rings. The average molecular weight is 297 g/mol. The number of nitrogens with one attached hydrogen (secondary N) is 1.